The summed E-state index contributed by atoms with van der Waals surface area (Å²) in [6.45, 7) is 29.1. The number of hydrogen-bond acceptors (Lipinski definition) is 0. The Bertz CT molecular complexity index is 998. The number of rotatable bonds is 6. The van der Waals surface area contributed by atoms with Gasteiger partial charge in [-0.05, 0) is 0 Å². The Labute approximate surface area is 264 Å². The molecule has 0 N–H and O–H groups in total. The second-order valence-corrected chi connectivity index (χ2v) is 66.0. The zero-order valence-electron chi connectivity index (χ0n) is 26.0. The summed E-state index contributed by atoms with van der Waals surface area (Å²) in [5, 5.41) is 0. The molecule has 0 heterocycles. The molecular weight excluding hydrogens is 868 g/mol. The molecule has 0 atom stereocenters. The van der Waals surface area contributed by atoms with Crippen molar-refractivity contribution >= 4 is 12.0 Å². The zero-order valence-corrected chi connectivity index (χ0v) is 37.1. The molecule has 4 aliphatic carbocycles. The van der Waals surface area contributed by atoms with E-state index in [2.05, 4.69) is 106 Å². The fraction of sp³-hybridized carbons (Fsp3) is 0.500. The smallest absolute Gasteiger partial charge is 1.00 e. The van der Waals surface area contributed by atoms with Gasteiger partial charge in [-0.25, -0.2) is 0 Å². The molecule has 0 saturated heterocycles. The molecule has 0 unspecified atom stereocenters. The molecule has 0 saturated carbocycles. The van der Waals surface area contributed by atoms with Crippen molar-refractivity contribution in [2.45, 2.75) is 107 Å². The van der Waals surface area contributed by atoms with Gasteiger partial charge in [0.15, 0.2) is 0 Å². The minimum Gasteiger partial charge on any atom is -1.00 e. The predicted octanol–water partition coefficient (Wildman–Crippen LogP) is 3.68. The van der Waals surface area contributed by atoms with Crippen molar-refractivity contribution in [2.75, 3.05) is 0 Å². The first-order valence-corrected chi connectivity index (χ1v) is 39.4. The molecule has 4 aliphatic rings. The van der Waals surface area contributed by atoms with Crippen molar-refractivity contribution in [1.29, 1.82) is 0 Å². The van der Waals surface area contributed by atoms with E-state index in [1.54, 1.807) is 44.6 Å². The molecule has 6 heteroatoms. The summed E-state index contributed by atoms with van der Waals surface area (Å²) in [7, 11) is 0. The van der Waals surface area contributed by atoms with Gasteiger partial charge in [-0.15, -0.1) is 0 Å². The van der Waals surface area contributed by atoms with Crippen molar-refractivity contribution in [3.05, 3.63) is 82.2 Å². The summed E-state index contributed by atoms with van der Waals surface area (Å²) in [5.41, 5.74) is 12.9. The third-order valence-electron chi connectivity index (χ3n) is 8.03. The van der Waals surface area contributed by atoms with Crippen LogP contribution in [0.3, 0.4) is 0 Å². The molecular formula is C32H50Cl2Hf2Si2. The van der Waals surface area contributed by atoms with Crippen LogP contribution in [0, 0.1) is 0 Å². The van der Waals surface area contributed by atoms with E-state index in [0.717, 1.165) is 0 Å². The van der Waals surface area contributed by atoms with Gasteiger partial charge in [-0.3, -0.25) is 0 Å². The summed E-state index contributed by atoms with van der Waals surface area (Å²) in [6.07, 6.45) is 15.0. The molecule has 0 bridgehead atoms. The Morgan fingerprint density at radius 1 is 0.421 bits per heavy atom. The maximum Gasteiger partial charge on any atom is -1.00 e. The van der Waals surface area contributed by atoms with Gasteiger partial charge < -0.3 is 24.8 Å². The summed E-state index contributed by atoms with van der Waals surface area (Å²) in [6, 6.07) is 0. The van der Waals surface area contributed by atoms with E-state index in [1.165, 1.54) is 25.7 Å². The van der Waals surface area contributed by atoms with Crippen LogP contribution < -0.4 is 24.8 Å². The van der Waals surface area contributed by atoms with Gasteiger partial charge >= 0.3 is 243 Å². The SMILES string of the molecule is CC1=CC(C)=[C]([Hf+]([C]2=C(C)C=C(C)C2)[SiH](C)C)C1.CC1=CC(C)=[C]([Hf+]([C]2=C(C)C=C(C)C2)[SiH](C)C)C1.[Cl-].[Cl-]. The number of halogens is 2. The first kappa shape index (κ1) is 36.7. The Morgan fingerprint density at radius 3 is 0.711 bits per heavy atom. The molecule has 0 aromatic heterocycles. The number of hydrogen-bond donors (Lipinski definition) is 0. The topological polar surface area (TPSA) is 0 Å². The minimum atomic E-state index is -1.66. The first-order chi connectivity index (χ1) is 16.8. The standard InChI is InChI=1S/4C7H9.2C2H7Si.2ClH.2Hf/c4*1-6-3-4-7(2)5-6;2*1-3-2;;;;/h4*5H,3H2,1-2H3;2*3H,1-2H3;2*1H;;/q;;;;;;;;2*+1/p-2. The van der Waals surface area contributed by atoms with Crippen LogP contribution in [0.1, 0.15) is 81.1 Å². The Kier molecular flexibility index (Phi) is 15.2. The second-order valence-electron chi connectivity index (χ2n) is 12.5. The quantitative estimate of drug-likeness (QED) is 0.358. The summed E-state index contributed by atoms with van der Waals surface area (Å²) >= 11 is -3.32. The van der Waals surface area contributed by atoms with E-state index in [1.807, 2.05) is 13.3 Å². The van der Waals surface area contributed by atoms with E-state index < -0.39 is 53.2 Å². The summed E-state index contributed by atoms with van der Waals surface area (Å²) in [4.78, 5) is 0. The summed E-state index contributed by atoms with van der Waals surface area (Å²) in [5.74, 6) is -0.985. The third-order valence-corrected chi connectivity index (χ3v) is 64.2. The average molecular weight is 919 g/mol. The molecule has 0 aromatic carbocycles. The van der Waals surface area contributed by atoms with Crippen LogP contribution in [0.25, 0.3) is 0 Å². The maximum atomic E-state index is 2.60. The maximum absolute atomic E-state index is 2.60. The van der Waals surface area contributed by atoms with Crippen LogP contribution in [0.2, 0.25) is 26.2 Å². The molecule has 0 fully saturated rings. The normalized spacial score (nSPS) is 18.9. The van der Waals surface area contributed by atoms with Crippen LogP contribution >= 0.6 is 0 Å². The van der Waals surface area contributed by atoms with E-state index in [0.29, 0.717) is 0 Å². The van der Waals surface area contributed by atoms with Gasteiger partial charge in [0.1, 0.15) is 0 Å². The van der Waals surface area contributed by atoms with Crippen LogP contribution in [0.4, 0.5) is 0 Å². The van der Waals surface area contributed by atoms with Crippen molar-refractivity contribution in [1.82, 2.24) is 0 Å². The Balaban J connectivity index is 0.000000361. The Hall–Kier alpha value is 0.674. The predicted molar refractivity (Wildman–Crippen MR) is 162 cm³/mol. The fourth-order valence-corrected chi connectivity index (χ4v) is 66.8. The molecule has 38 heavy (non-hydrogen) atoms. The van der Waals surface area contributed by atoms with Gasteiger partial charge in [0.25, 0.3) is 0 Å². The molecule has 4 rings (SSSR count). The van der Waals surface area contributed by atoms with Gasteiger partial charge in [0.05, 0.1) is 0 Å². The van der Waals surface area contributed by atoms with Crippen molar-refractivity contribution in [3.63, 3.8) is 0 Å². The van der Waals surface area contributed by atoms with Crippen molar-refractivity contribution < 1.29 is 66.0 Å². The van der Waals surface area contributed by atoms with Crippen molar-refractivity contribution in [3.8, 4) is 0 Å². The van der Waals surface area contributed by atoms with E-state index in [4.69, 9.17) is 0 Å². The Morgan fingerprint density at radius 2 is 0.605 bits per heavy atom. The molecule has 0 nitrogen and oxygen atoms in total. The molecule has 0 spiro atoms. The van der Waals surface area contributed by atoms with Gasteiger partial charge in [-0.1, -0.05) is 0 Å². The van der Waals surface area contributed by atoms with E-state index in [-0.39, 0.29) is 24.8 Å². The van der Waals surface area contributed by atoms with E-state index >= 15 is 0 Å². The number of allylic oxidation sites excluding steroid dienone is 16. The molecule has 0 radical (unpaired) electrons. The van der Waals surface area contributed by atoms with Gasteiger partial charge in [0, 0.05) is 0 Å². The third kappa shape index (κ3) is 8.84. The molecule has 0 aromatic rings. The van der Waals surface area contributed by atoms with E-state index in [9.17, 15) is 0 Å². The van der Waals surface area contributed by atoms with Gasteiger partial charge in [-0.2, -0.15) is 0 Å². The molecule has 208 valence electrons. The van der Waals surface area contributed by atoms with Gasteiger partial charge in [0.2, 0.25) is 0 Å². The zero-order chi connectivity index (χ0) is 26.9. The first-order valence-electron chi connectivity index (χ1n) is 14.0. The van der Waals surface area contributed by atoms with Crippen LogP contribution in [-0.2, 0) is 41.2 Å². The van der Waals surface area contributed by atoms with Crippen LogP contribution in [0.5, 0.6) is 0 Å². The second kappa shape index (κ2) is 15.8. The fourth-order valence-electron chi connectivity index (χ4n) is 6.69. The van der Waals surface area contributed by atoms with Crippen LogP contribution in [-0.4, -0.2) is 12.0 Å². The monoisotopic (exact) mass is 920 g/mol. The molecule has 0 amide bonds. The van der Waals surface area contributed by atoms with Crippen LogP contribution in [0.15, 0.2) is 82.2 Å². The summed E-state index contributed by atoms with van der Waals surface area (Å²) < 4.78 is 7.77. The van der Waals surface area contributed by atoms with Crippen molar-refractivity contribution in [2.24, 2.45) is 0 Å². The largest absolute Gasteiger partial charge is 1.00 e. The molecule has 0 aliphatic heterocycles. The minimum absolute atomic E-state index is 0. The average Bonchev–Trinajstić information content (AvgIpc) is 3.45.